The van der Waals surface area contributed by atoms with Gasteiger partial charge in [0.2, 0.25) is 0 Å². The predicted molar refractivity (Wildman–Crippen MR) is 81.0 cm³/mol. The average molecular weight is 261 g/mol. The average Bonchev–Trinajstić information content (AvgIpc) is 2.49. The molecule has 1 aromatic heterocycles. The molecule has 0 aliphatic rings. The molecular formula is C18H15NO. The van der Waals surface area contributed by atoms with Gasteiger partial charge in [-0.25, -0.2) is 0 Å². The molecule has 98 valence electrons. The molecule has 0 aliphatic carbocycles. The smallest absolute Gasteiger partial charge is 0.169 e. The Bertz CT molecular complexity index is 754. The molecule has 0 saturated carbocycles. The first-order chi connectivity index (χ1) is 9.74. The van der Waals surface area contributed by atoms with E-state index in [1.165, 1.54) is 5.56 Å². The third-order valence-electron chi connectivity index (χ3n) is 3.42. The van der Waals surface area contributed by atoms with Crippen LogP contribution in [0.5, 0.6) is 0 Å². The highest BCUT2D eigenvalue weighted by Crippen LogP contribution is 2.18. The molecular weight excluding hydrogens is 246 g/mol. The minimum Gasteiger partial charge on any atom is -0.294 e. The maximum absolute atomic E-state index is 12.5. The minimum atomic E-state index is 0.109. The van der Waals surface area contributed by atoms with Gasteiger partial charge in [-0.2, -0.15) is 0 Å². The minimum absolute atomic E-state index is 0.109. The number of aryl methyl sites for hydroxylation is 1. The third kappa shape index (κ3) is 2.45. The number of rotatable bonds is 3. The van der Waals surface area contributed by atoms with Crippen molar-refractivity contribution < 1.29 is 4.79 Å². The fourth-order valence-electron chi connectivity index (χ4n) is 2.32. The Morgan fingerprint density at radius 2 is 1.75 bits per heavy atom. The highest BCUT2D eigenvalue weighted by Gasteiger charge is 2.11. The van der Waals surface area contributed by atoms with Gasteiger partial charge in [0.05, 0.1) is 5.52 Å². The molecule has 3 rings (SSSR count). The summed E-state index contributed by atoms with van der Waals surface area (Å²) in [5, 5.41) is 1.00. The van der Waals surface area contributed by atoms with Crippen LogP contribution in [0, 0.1) is 6.92 Å². The lowest BCUT2D eigenvalue weighted by atomic mass is 10.00. The van der Waals surface area contributed by atoms with Gasteiger partial charge in [-0.05, 0) is 24.6 Å². The summed E-state index contributed by atoms with van der Waals surface area (Å²) in [5.74, 6) is 0.109. The van der Waals surface area contributed by atoms with Gasteiger partial charge in [0.25, 0.3) is 0 Å². The fourth-order valence-corrected chi connectivity index (χ4v) is 2.32. The number of benzene rings is 2. The number of para-hydroxylation sites is 1. The summed E-state index contributed by atoms with van der Waals surface area (Å²) in [6, 6.07) is 17.7. The van der Waals surface area contributed by atoms with Crippen LogP contribution in [0.4, 0.5) is 0 Å². The molecule has 0 fully saturated rings. The molecule has 0 atom stereocenters. The Labute approximate surface area is 118 Å². The molecule has 2 aromatic carbocycles. The number of hydrogen-bond acceptors (Lipinski definition) is 2. The van der Waals surface area contributed by atoms with Crippen LogP contribution in [-0.2, 0) is 6.42 Å². The molecule has 0 bridgehead atoms. The van der Waals surface area contributed by atoms with Gasteiger partial charge < -0.3 is 0 Å². The van der Waals surface area contributed by atoms with E-state index in [1.807, 2.05) is 61.5 Å². The predicted octanol–water partition coefficient (Wildman–Crippen LogP) is 3.97. The largest absolute Gasteiger partial charge is 0.294 e. The Morgan fingerprint density at radius 3 is 2.55 bits per heavy atom. The first-order valence-electron chi connectivity index (χ1n) is 6.66. The zero-order valence-electron chi connectivity index (χ0n) is 11.3. The fraction of sp³-hybridized carbons (Fsp3) is 0.111. The van der Waals surface area contributed by atoms with Crippen molar-refractivity contribution in [2.75, 3.05) is 0 Å². The Balaban J connectivity index is 1.94. The summed E-state index contributed by atoms with van der Waals surface area (Å²) in [7, 11) is 0. The number of hydrogen-bond donors (Lipinski definition) is 0. The van der Waals surface area contributed by atoms with E-state index in [1.54, 1.807) is 6.20 Å². The van der Waals surface area contributed by atoms with Gasteiger partial charge >= 0.3 is 0 Å². The maximum atomic E-state index is 12.5. The Morgan fingerprint density at radius 1 is 1.00 bits per heavy atom. The molecule has 0 radical (unpaired) electrons. The number of carbonyl (C=O) groups excluding carboxylic acids is 1. The van der Waals surface area contributed by atoms with Crippen LogP contribution in [0.25, 0.3) is 10.9 Å². The number of aromatic nitrogens is 1. The van der Waals surface area contributed by atoms with Crippen LogP contribution >= 0.6 is 0 Å². The van der Waals surface area contributed by atoms with Crippen molar-refractivity contribution in [3.8, 4) is 0 Å². The first-order valence-corrected chi connectivity index (χ1v) is 6.66. The van der Waals surface area contributed by atoms with Crippen LogP contribution in [0.3, 0.4) is 0 Å². The van der Waals surface area contributed by atoms with E-state index in [-0.39, 0.29) is 5.78 Å². The molecule has 0 unspecified atom stereocenters. The Hall–Kier alpha value is -2.48. The molecule has 20 heavy (non-hydrogen) atoms. The van der Waals surface area contributed by atoms with Crippen LogP contribution in [0.2, 0.25) is 0 Å². The summed E-state index contributed by atoms with van der Waals surface area (Å²) in [4.78, 5) is 16.8. The summed E-state index contributed by atoms with van der Waals surface area (Å²) < 4.78 is 0. The molecule has 1 heterocycles. The third-order valence-corrected chi connectivity index (χ3v) is 3.42. The molecule has 3 aromatic rings. The lowest BCUT2D eigenvalue weighted by Gasteiger charge is -2.05. The zero-order chi connectivity index (χ0) is 13.9. The second-order valence-corrected chi connectivity index (χ2v) is 4.97. The standard InChI is InChI=1S/C18H15NO/c1-13-7-9-14(10-8-13)12-17(20)16-6-2-4-15-5-3-11-19-18(15)16/h2-11H,12H2,1H3. The summed E-state index contributed by atoms with van der Waals surface area (Å²) >= 11 is 0. The van der Waals surface area contributed by atoms with Crippen LogP contribution in [-0.4, -0.2) is 10.8 Å². The van der Waals surface area contributed by atoms with Crippen molar-refractivity contribution in [3.05, 3.63) is 77.5 Å². The molecule has 0 N–H and O–H groups in total. The monoisotopic (exact) mass is 261 g/mol. The summed E-state index contributed by atoms with van der Waals surface area (Å²) in [6.45, 7) is 2.04. The first kappa shape index (κ1) is 12.5. The normalized spacial score (nSPS) is 10.7. The van der Waals surface area contributed by atoms with Crippen molar-refractivity contribution in [2.24, 2.45) is 0 Å². The summed E-state index contributed by atoms with van der Waals surface area (Å²) in [5.41, 5.74) is 3.72. The van der Waals surface area contributed by atoms with E-state index in [0.717, 1.165) is 16.5 Å². The van der Waals surface area contributed by atoms with E-state index in [2.05, 4.69) is 4.98 Å². The van der Waals surface area contributed by atoms with Crippen molar-refractivity contribution in [1.82, 2.24) is 4.98 Å². The van der Waals surface area contributed by atoms with Gasteiger partial charge in [0.1, 0.15) is 0 Å². The lowest BCUT2D eigenvalue weighted by Crippen LogP contribution is -2.05. The quantitative estimate of drug-likeness (QED) is 0.668. The maximum Gasteiger partial charge on any atom is 0.169 e. The highest BCUT2D eigenvalue weighted by molar-refractivity contribution is 6.07. The summed E-state index contributed by atoms with van der Waals surface area (Å²) in [6.07, 6.45) is 2.14. The van der Waals surface area contributed by atoms with Gasteiger partial charge in [0.15, 0.2) is 5.78 Å². The molecule has 0 spiro atoms. The molecule has 0 aliphatic heterocycles. The Kier molecular flexibility index (Phi) is 3.30. The number of carbonyl (C=O) groups is 1. The highest BCUT2D eigenvalue weighted by atomic mass is 16.1. The van der Waals surface area contributed by atoms with Crippen molar-refractivity contribution in [1.29, 1.82) is 0 Å². The van der Waals surface area contributed by atoms with Gasteiger partial charge in [0, 0.05) is 23.6 Å². The van der Waals surface area contributed by atoms with E-state index in [4.69, 9.17) is 0 Å². The number of Topliss-reactive ketones (excluding diaryl/α,β-unsaturated/α-hetero) is 1. The van der Waals surface area contributed by atoms with E-state index in [9.17, 15) is 4.79 Å². The number of pyridine rings is 1. The lowest BCUT2D eigenvalue weighted by molar-refractivity contribution is 0.0994. The van der Waals surface area contributed by atoms with E-state index >= 15 is 0 Å². The number of fused-ring (bicyclic) bond motifs is 1. The van der Waals surface area contributed by atoms with Crippen molar-refractivity contribution in [2.45, 2.75) is 13.3 Å². The van der Waals surface area contributed by atoms with Gasteiger partial charge in [-0.1, -0.05) is 48.0 Å². The van der Waals surface area contributed by atoms with Crippen molar-refractivity contribution in [3.63, 3.8) is 0 Å². The number of nitrogens with zero attached hydrogens (tertiary/aromatic N) is 1. The molecule has 2 heteroatoms. The zero-order valence-corrected chi connectivity index (χ0v) is 11.3. The topological polar surface area (TPSA) is 30.0 Å². The van der Waals surface area contributed by atoms with Gasteiger partial charge in [-0.15, -0.1) is 0 Å². The molecule has 0 amide bonds. The van der Waals surface area contributed by atoms with Crippen molar-refractivity contribution >= 4 is 16.7 Å². The number of ketones is 1. The van der Waals surface area contributed by atoms with Gasteiger partial charge in [-0.3, -0.25) is 9.78 Å². The molecule has 0 saturated heterocycles. The van der Waals surface area contributed by atoms with Crippen LogP contribution in [0.1, 0.15) is 21.5 Å². The van der Waals surface area contributed by atoms with Crippen LogP contribution in [0.15, 0.2) is 60.8 Å². The SMILES string of the molecule is Cc1ccc(CC(=O)c2cccc3cccnc23)cc1. The second kappa shape index (κ2) is 5.25. The van der Waals surface area contributed by atoms with E-state index < -0.39 is 0 Å². The van der Waals surface area contributed by atoms with Crippen LogP contribution < -0.4 is 0 Å². The van der Waals surface area contributed by atoms with E-state index in [0.29, 0.717) is 12.0 Å². The second-order valence-electron chi connectivity index (χ2n) is 4.97. The molecule has 2 nitrogen and oxygen atoms in total.